The molecular weight excluding hydrogens is 252 g/mol. The number of carbonyl (C=O) groups excluding carboxylic acids is 2. The summed E-state index contributed by atoms with van der Waals surface area (Å²) >= 11 is 0. The van der Waals surface area contributed by atoms with Crippen molar-refractivity contribution >= 4 is 11.8 Å². The van der Waals surface area contributed by atoms with Crippen LogP contribution in [0.3, 0.4) is 0 Å². The highest BCUT2D eigenvalue weighted by atomic mass is 16.2. The van der Waals surface area contributed by atoms with E-state index in [1.165, 1.54) is 17.7 Å². The number of imide groups is 1. The lowest BCUT2D eigenvalue weighted by molar-refractivity contribution is -0.142. The smallest absolute Gasteiger partial charge is 0.230 e. The van der Waals surface area contributed by atoms with Gasteiger partial charge in [-0.2, -0.15) is 0 Å². The van der Waals surface area contributed by atoms with Crippen LogP contribution in [0.15, 0.2) is 0 Å². The van der Waals surface area contributed by atoms with Crippen LogP contribution in [0.2, 0.25) is 0 Å². The van der Waals surface area contributed by atoms with Gasteiger partial charge in [-0.15, -0.1) is 0 Å². The zero-order valence-corrected chi connectivity index (χ0v) is 13.0. The fourth-order valence-corrected chi connectivity index (χ4v) is 2.92. The maximum absolute atomic E-state index is 11.8. The predicted molar refractivity (Wildman–Crippen MR) is 77.8 cm³/mol. The number of amides is 2. The highest BCUT2D eigenvalue weighted by Crippen LogP contribution is 2.24. The minimum atomic E-state index is -0.721. The Labute approximate surface area is 121 Å². The standard InChI is InChI=1S/C16H24N2O2/c1-15(2,17-11-5-6-12-17)9-10-16(3,4)18-13(19)7-8-14(18)20/h5-8,11-12H2,1-4H3. The number of carbonyl (C=O) groups is 2. The van der Waals surface area contributed by atoms with Crippen LogP contribution >= 0.6 is 0 Å². The molecule has 0 unspecified atom stereocenters. The minimum absolute atomic E-state index is 0.103. The fourth-order valence-electron chi connectivity index (χ4n) is 2.92. The maximum atomic E-state index is 11.8. The molecule has 0 saturated carbocycles. The molecule has 2 heterocycles. The number of likely N-dealkylation sites (tertiary alicyclic amines) is 2. The second-order valence-corrected chi connectivity index (χ2v) is 6.69. The van der Waals surface area contributed by atoms with Gasteiger partial charge in [-0.3, -0.25) is 19.4 Å². The molecule has 0 aromatic carbocycles. The summed E-state index contributed by atoms with van der Waals surface area (Å²) in [5.74, 6) is 6.25. The summed E-state index contributed by atoms with van der Waals surface area (Å²) in [6.07, 6.45) is 3.08. The third kappa shape index (κ3) is 2.88. The van der Waals surface area contributed by atoms with Crippen LogP contribution < -0.4 is 0 Å². The average molecular weight is 276 g/mol. The molecule has 0 bridgehead atoms. The van der Waals surface area contributed by atoms with Crippen molar-refractivity contribution in [2.24, 2.45) is 0 Å². The quantitative estimate of drug-likeness (QED) is 0.570. The van der Waals surface area contributed by atoms with E-state index in [9.17, 15) is 9.59 Å². The molecule has 4 heteroatoms. The molecule has 2 rings (SSSR count). The van der Waals surface area contributed by atoms with Gasteiger partial charge in [0, 0.05) is 12.8 Å². The summed E-state index contributed by atoms with van der Waals surface area (Å²) in [6.45, 7) is 10.1. The number of rotatable bonds is 2. The van der Waals surface area contributed by atoms with Crippen molar-refractivity contribution in [2.45, 2.75) is 64.5 Å². The van der Waals surface area contributed by atoms with Gasteiger partial charge in [0.05, 0.1) is 5.54 Å². The zero-order valence-electron chi connectivity index (χ0n) is 13.0. The van der Waals surface area contributed by atoms with Gasteiger partial charge in [-0.1, -0.05) is 11.8 Å². The van der Waals surface area contributed by atoms with Gasteiger partial charge in [0.25, 0.3) is 0 Å². The van der Waals surface area contributed by atoms with Crippen molar-refractivity contribution in [3.63, 3.8) is 0 Å². The first kappa shape index (κ1) is 15.1. The van der Waals surface area contributed by atoms with E-state index in [2.05, 4.69) is 30.6 Å². The van der Waals surface area contributed by atoms with Crippen molar-refractivity contribution in [2.75, 3.05) is 13.1 Å². The second kappa shape index (κ2) is 5.21. The third-order valence-corrected chi connectivity index (χ3v) is 4.18. The van der Waals surface area contributed by atoms with Gasteiger partial charge >= 0.3 is 0 Å². The Hall–Kier alpha value is -1.34. The van der Waals surface area contributed by atoms with Crippen molar-refractivity contribution in [3.8, 4) is 11.8 Å². The first-order valence-electron chi connectivity index (χ1n) is 7.39. The van der Waals surface area contributed by atoms with Gasteiger partial charge in [-0.05, 0) is 53.6 Å². The van der Waals surface area contributed by atoms with E-state index < -0.39 is 5.54 Å². The van der Waals surface area contributed by atoms with E-state index in [-0.39, 0.29) is 17.4 Å². The molecule has 2 fully saturated rings. The van der Waals surface area contributed by atoms with Gasteiger partial charge in [0.15, 0.2) is 0 Å². The van der Waals surface area contributed by atoms with Crippen molar-refractivity contribution < 1.29 is 9.59 Å². The molecule has 2 saturated heterocycles. The Morgan fingerprint density at radius 3 is 1.80 bits per heavy atom. The normalized spacial score (nSPS) is 21.3. The second-order valence-electron chi connectivity index (χ2n) is 6.69. The Bertz CT molecular complexity index is 460. The maximum Gasteiger partial charge on any atom is 0.230 e. The van der Waals surface area contributed by atoms with Crippen LogP contribution in [0.4, 0.5) is 0 Å². The average Bonchev–Trinajstić information content (AvgIpc) is 2.98. The molecule has 0 spiro atoms. The van der Waals surface area contributed by atoms with Crippen molar-refractivity contribution in [3.05, 3.63) is 0 Å². The monoisotopic (exact) mass is 276 g/mol. The summed E-state index contributed by atoms with van der Waals surface area (Å²) in [7, 11) is 0. The third-order valence-electron chi connectivity index (χ3n) is 4.18. The van der Waals surface area contributed by atoms with Crippen LogP contribution in [0.1, 0.15) is 53.4 Å². The highest BCUT2D eigenvalue weighted by Gasteiger charge is 2.39. The topological polar surface area (TPSA) is 40.6 Å². The lowest BCUT2D eigenvalue weighted by Gasteiger charge is -2.32. The first-order chi connectivity index (χ1) is 9.24. The van der Waals surface area contributed by atoms with E-state index in [0.717, 1.165) is 13.1 Å². The molecule has 0 radical (unpaired) electrons. The van der Waals surface area contributed by atoms with Crippen LogP contribution in [0.25, 0.3) is 0 Å². The fraction of sp³-hybridized carbons (Fsp3) is 0.750. The summed E-state index contributed by atoms with van der Waals surface area (Å²) < 4.78 is 0. The number of hydrogen-bond donors (Lipinski definition) is 0. The molecule has 0 aliphatic carbocycles. The van der Waals surface area contributed by atoms with Crippen LogP contribution in [-0.2, 0) is 9.59 Å². The summed E-state index contributed by atoms with van der Waals surface area (Å²) in [6, 6.07) is 0. The van der Waals surface area contributed by atoms with E-state index in [4.69, 9.17) is 0 Å². The van der Waals surface area contributed by atoms with E-state index in [1.54, 1.807) is 0 Å². The van der Waals surface area contributed by atoms with Crippen molar-refractivity contribution in [1.29, 1.82) is 0 Å². The molecule has 0 N–H and O–H groups in total. The van der Waals surface area contributed by atoms with E-state index >= 15 is 0 Å². The highest BCUT2D eigenvalue weighted by molar-refractivity contribution is 6.03. The lowest BCUT2D eigenvalue weighted by atomic mass is 9.98. The number of nitrogens with zero attached hydrogens (tertiary/aromatic N) is 2. The van der Waals surface area contributed by atoms with Crippen LogP contribution in [0.5, 0.6) is 0 Å². The minimum Gasteiger partial charge on any atom is -0.288 e. The Balaban J connectivity index is 2.17. The number of hydrogen-bond acceptors (Lipinski definition) is 3. The van der Waals surface area contributed by atoms with Gasteiger partial charge < -0.3 is 0 Å². The molecule has 20 heavy (non-hydrogen) atoms. The van der Waals surface area contributed by atoms with Crippen LogP contribution in [-0.4, -0.2) is 45.8 Å². The molecule has 2 aliphatic rings. The summed E-state index contributed by atoms with van der Waals surface area (Å²) in [5.41, 5.74) is -0.929. The lowest BCUT2D eigenvalue weighted by Crippen LogP contribution is -2.47. The van der Waals surface area contributed by atoms with E-state index in [1.807, 2.05) is 13.8 Å². The molecule has 0 aromatic heterocycles. The van der Waals surface area contributed by atoms with Gasteiger partial charge in [0.2, 0.25) is 11.8 Å². The Kier molecular flexibility index (Phi) is 3.93. The molecule has 0 atom stereocenters. The van der Waals surface area contributed by atoms with E-state index in [0.29, 0.717) is 12.8 Å². The summed E-state index contributed by atoms with van der Waals surface area (Å²) in [5, 5.41) is 0. The first-order valence-corrected chi connectivity index (χ1v) is 7.39. The Morgan fingerprint density at radius 2 is 1.30 bits per heavy atom. The Morgan fingerprint density at radius 1 is 0.850 bits per heavy atom. The summed E-state index contributed by atoms with van der Waals surface area (Å²) in [4.78, 5) is 27.4. The largest absolute Gasteiger partial charge is 0.288 e. The predicted octanol–water partition coefficient (Wildman–Crippen LogP) is 1.79. The molecule has 110 valence electrons. The molecule has 0 aromatic rings. The van der Waals surface area contributed by atoms with Gasteiger partial charge in [0.1, 0.15) is 5.54 Å². The zero-order chi connectivity index (χ0) is 15.0. The molecule has 4 nitrogen and oxygen atoms in total. The van der Waals surface area contributed by atoms with Crippen molar-refractivity contribution in [1.82, 2.24) is 9.80 Å². The molecular formula is C16H24N2O2. The SMILES string of the molecule is CC(C)(C#CC(C)(C)N1C(=O)CCC1=O)N1CCCC1. The van der Waals surface area contributed by atoms with Gasteiger partial charge in [-0.25, -0.2) is 0 Å². The molecule has 2 amide bonds. The van der Waals surface area contributed by atoms with Crippen LogP contribution in [0, 0.1) is 11.8 Å². The molecule has 2 aliphatic heterocycles.